The molecule has 3 aromatic carbocycles. The number of aliphatic hydroxyl groups is 1. The van der Waals surface area contributed by atoms with E-state index in [1.54, 1.807) is 0 Å². The van der Waals surface area contributed by atoms with Crippen LogP contribution in [0.5, 0.6) is 0 Å². The zero-order chi connectivity index (χ0) is 40.7. The third-order valence-electron chi connectivity index (χ3n) is 10.2. The van der Waals surface area contributed by atoms with E-state index in [1.807, 2.05) is 33.9 Å². The van der Waals surface area contributed by atoms with Crippen LogP contribution in [0.15, 0.2) is 84.8 Å². The molecule has 0 aliphatic heterocycles. The van der Waals surface area contributed by atoms with Crippen molar-refractivity contribution in [2.75, 3.05) is 0 Å². The number of fused-ring (bicyclic) bond motifs is 1. The van der Waals surface area contributed by atoms with Crippen LogP contribution in [-0.2, 0) is 41.1 Å². The minimum absolute atomic E-state index is 0. The standard InChI is InChI=1S/C36H39N4.C13H24O2.Ir/c1-34(2,3)29-21-27(20-26-12-10-11-13-28(26)29)30-22-25(18-19-37-30)23-14-16-24(17-15-23)31-38-32(35(4,5)6)40-33(39-31)36(7,8)9;1-5-10(6-2)12(14)9-13(15)11(7-3)8-4;/h10-19,21-22H,1-9H3;9-11,14H,5-8H2,1-4H3;/q-1;;/b;12-9-;. The van der Waals surface area contributed by atoms with Gasteiger partial charge in [0.1, 0.15) is 11.6 Å². The van der Waals surface area contributed by atoms with Gasteiger partial charge in [0.2, 0.25) is 0 Å². The molecule has 5 rings (SSSR count). The van der Waals surface area contributed by atoms with Crippen LogP contribution in [-0.4, -0.2) is 30.8 Å². The van der Waals surface area contributed by atoms with Crippen LogP contribution in [0.2, 0.25) is 0 Å². The molecule has 6 nitrogen and oxygen atoms in total. The fourth-order valence-corrected chi connectivity index (χ4v) is 6.51. The zero-order valence-electron chi connectivity index (χ0n) is 36.0. The first-order chi connectivity index (χ1) is 25.8. The summed E-state index contributed by atoms with van der Waals surface area (Å²) in [6.45, 7) is 27.7. The van der Waals surface area contributed by atoms with Crippen molar-refractivity contribution in [3.05, 3.63) is 108 Å². The summed E-state index contributed by atoms with van der Waals surface area (Å²) in [5.74, 6) is 2.89. The van der Waals surface area contributed by atoms with Crippen molar-refractivity contribution < 1.29 is 30.0 Å². The van der Waals surface area contributed by atoms with Crippen LogP contribution in [0.25, 0.3) is 44.5 Å². The number of allylic oxidation sites excluding steroid dienone is 2. The van der Waals surface area contributed by atoms with Crippen molar-refractivity contribution in [1.29, 1.82) is 0 Å². The third-order valence-corrected chi connectivity index (χ3v) is 10.2. The number of hydrogen-bond acceptors (Lipinski definition) is 6. The summed E-state index contributed by atoms with van der Waals surface area (Å²) in [7, 11) is 0. The Bertz CT molecular complexity index is 2060. The van der Waals surface area contributed by atoms with Crippen molar-refractivity contribution in [1.82, 2.24) is 19.9 Å². The van der Waals surface area contributed by atoms with Crippen molar-refractivity contribution in [3.63, 3.8) is 0 Å². The predicted molar refractivity (Wildman–Crippen MR) is 230 cm³/mol. The predicted octanol–water partition coefficient (Wildman–Crippen LogP) is 13.0. The van der Waals surface area contributed by atoms with Crippen molar-refractivity contribution in [3.8, 4) is 33.8 Å². The molecule has 0 aliphatic rings. The molecule has 0 saturated carbocycles. The molecule has 0 saturated heterocycles. The molecule has 2 heterocycles. The number of aromatic nitrogens is 4. The van der Waals surface area contributed by atoms with Crippen molar-refractivity contribution in [2.45, 2.75) is 132 Å². The van der Waals surface area contributed by atoms with Gasteiger partial charge in [-0.05, 0) is 48.3 Å². The Morgan fingerprint density at radius 1 is 0.679 bits per heavy atom. The summed E-state index contributed by atoms with van der Waals surface area (Å²) in [5, 5.41) is 12.1. The van der Waals surface area contributed by atoms with E-state index in [0.29, 0.717) is 5.82 Å². The molecule has 0 amide bonds. The molecule has 301 valence electrons. The Labute approximate surface area is 350 Å². The van der Waals surface area contributed by atoms with E-state index >= 15 is 0 Å². The summed E-state index contributed by atoms with van der Waals surface area (Å²) in [6, 6.07) is 27.0. The molecule has 0 bridgehead atoms. The SMILES string of the molecule is CC(C)(C)c1nc(-c2ccc(-c3ccnc(-c4[c-]c5ccccc5c(C(C)(C)C)c4)c3)cc2)nc(C(C)(C)C)n1.CCC(CC)C(=O)/C=C(\O)C(CC)CC.[Ir]. The van der Waals surface area contributed by atoms with E-state index < -0.39 is 0 Å². The van der Waals surface area contributed by atoms with Gasteiger partial charge in [-0.25, -0.2) is 15.0 Å². The van der Waals surface area contributed by atoms with Crippen molar-refractivity contribution >= 4 is 16.6 Å². The van der Waals surface area contributed by atoms with Crippen LogP contribution in [0.3, 0.4) is 0 Å². The van der Waals surface area contributed by atoms with E-state index in [-0.39, 0.29) is 59.7 Å². The van der Waals surface area contributed by atoms with Crippen LogP contribution in [0.4, 0.5) is 0 Å². The molecule has 0 spiro atoms. The molecule has 0 atom stereocenters. The Balaban J connectivity index is 0.000000448. The molecule has 56 heavy (non-hydrogen) atoms. The Morgan fingerprint density at radius 3 is 1.73 bits per heavy atom. The Hall–Kier alpha value is -4.06. The maximum atomic E-state index is 11.7. The van der Waals surface area contributed by atoms with E-state index in [9.17, 15) is 9.90 Å². The second-order valence-electron chi connectivity index (χ2n) is 17.7. The monoisotopic (exact) mass is 932 g/mol. The topological polar surface area (TPSA) is 88.9 Å². The Morgan fingerprint density at radius 2 is 1.21 bits per heavy atom. The summed E-state index contributed by atoms with van der Waals surface area (Å²) in [5.41, 5.74) is 6.10. The molecule has 0 fully saturated rings. The van der Waals surface area contributed by atoms with Gasteiger partial charge in [0.15, 0.2) is 11.6 Å². The van der Waals surface area contributed by atoms with E-state index in [4.69, 9.17) is 19.9 Å². The van der Waals surface area contributed by atoms with Crippen molar-refractivity contribution in [2.24, 2.45) is 11.8 Å². The number of pyridine rings is 1. The summed E-state index contributed by atoms with van der Waals surface area (Å²) in [6.07, 6.45) is 6.79. The van der Waals surface area contributed by atoms with E-state index in [1.165, 1.54) is 17.0 Å². The Kier molecular flexibility index (Phi) is 16.0. The molecule has 0 aliphatic carbocycles. The number of ketones is 1. The molecule has 5 aromatic rings. The van der Waals surface area contributed by atoms with Gasteiger partial charge >= 0.3 is 0 Å². The number of rotatable bonds is 10. The number of aliphatic hydroxyl groups excluding tert-OH is 1. The fraction of sp³-hybridized carbons (Fsp3) is 0.449. The quantitative estimate of drug-likeness (QED) is 0.0852. The molecule has 0 unspecified atom stereocenters. The number of nitrogens with zero attached hydrogens (tertiary/aromatic N) is 4. The average molecular weight is 932 g/mol. The smallest absolute Gasteiger partial charge is 0.163 e. The van der Waals surface area contributed by atoms with Crippen LogP contribution < -0.4 is 0 Å². The number of hydrogen-bond donors (Lipinski definition) is 1. The van der Waals surface area contributed by atoms with Gasteiger partial charge in [-0.2, -0.15) is 0 Å². The minimum Gasteiger partial charge on any atom is -0.512 e. The number of carbonyl (C=O) groups excluding carboxylic acids is 1. The minimum atomic E-state index is -0.169. The maximum Gasteiger partial charge on any atom is 0.163 e. The normalized spacial score (nSPS) is 12.4. The second kappa shape index (κ2) is 19.4. The molecular weight excluding hydrogens is 869 g/mol. The van der Waals surface area contributed by atoms with Gasteiger partial charge in [0, 0.05) is 66.3 Å². The van der Waals surface area contributed by atoms with Gasteiger partial charge in [0.25, 0.3) is 0 Å². The van der Waals surface area contributed by atoms with Gasteiger partial charge < -0.3 is 5.11 Å². The number of carbonyl (C=O) groups is 1. The summed E-state index contributed by atoms with van der Waals surface area (Å²) in [4.78, 5) is 31.0. The van der Waals surface area contributed by atoms with Crippen LogP contribution in [0, 0.1) is 17.9 Å². The molecule has 1 radical (unpaired) electrons. The van der Waals surface area contributed by atoms with Crippen LogP contribution in [0.1, 0.15) is 133 Å². The fourth-order valence-electron chi connectivity index (χ4n) is 6.51. The van der Waals surface area contributed by atoms with Gasteiger partial charge in [-0.15, -0.1) is 29.1 Å². The number of benzene rings is 3. The molecule has 2 aromatic heterocycles. The van der Waals surface area contributed by atoms with Gasteiger partial charge in [-0.1, -0.05) is 149 Å². The van der Waals surface area contributed by atoms with E-state index in [2.05, 4.69) is 135 Å². The maximum absolute atomic E-state index is 11.7. The molecule has 1 N–H and O–H groups in total. The first-order valence-electron chi connectivity index (χ1n) is 20.0. The second-order valence-corrected chi connectivity index (χ2v) is 17.7. The average Bonchev–Trinajstić information content (AvgIpc) is 3.14. The summed E-state index contributed by atoms with van der Waals surface area (Å²) < 4.78 is 0. The van der Waals surface area contributed by atoms with Gasteiger partial charge in [0.05, 0.1) is 5.76 Å². The largest absolute Gasteiger partial charge is 0.512 e. The molecule has 7 heteroatoms. The first-order valence-corrected chi connectivity index (χ1v) is 20.0. The first kappa shape index (κ1) is 46.3. The zero-order valence-corrected chi connectivity index (χ0v) is 38.4. The molecular formula is C49H63IrN4O2-. The summed E-state index contributed by atoms with van der Waals surface area (Å²) >= 11 is 0. The van der Waals surface area contributed by atoms with E-state index in [0.717, 1.165) is 70.7 Å². The van der Waals surface area contributed by atoms with Crippen LogP contribution >= 0.6 is 0 Å². The van der Waals surface area contributed by atoms with Gasteiger partial charge in [-0.3, -0.25) is 9.78 Å². The third kappa shape index (κ3) is 11.7.